The summed E-state index contributed by atoms with van der Waals surface area (Å²) >= 11 is 7.53. The van der Waals surface area contributed by atoms with E-state index < -0.39 is 62.7 Å². The van der Waals surface area contributed by atoms with E-state index in [1.54, 1.807) is 13.0 Å². The first kappa shape index (κ1) is 37.5. The van der Waals surface area contributed by atoms with Crippen LogP contribution in [0.4, 0.5) is 0 Å². The number of alkyl halides is 1. The number of nitrogens with one attached hydrogen (secondary N) is 1. The molecule has 0 heterocycles. The summed E-state index contributed by atoms with van der Waals surface area (Å²) in [5, 5.41) is 23.8. The maximum atomic E-state index is 14.2. The monoisotopic (exact) mass is 694 g/mol. The summed E-state index contributed by atoms with van der Waals surface area (Å²) in [6, 6.07) is 0. The van der Waals surface area contributed by atoms with Gasteiger partial charge in [0.1, 0.15) is 0 Å². The number of allylic oxidation sites excluding steroid dienone is 4. The van der Waals surface area contributed by atoms with E-state index in [1.807, 2.05) is 26.8 Å². The minimum absolute atomic E-state index is 0.0115. The number of nitrogens with zero attached hydrogens (tertiary/aromatic N) is 1. The lowest BCUT2D eigenvalue weighted by Crippen LogP contribution is -2.69. The fourth-order valence-corrected chi connectivity index (χ4v) is 9.48. The number of aliphatic hydroxyl groups excluding tert-OH is 1. The molecule has 14 heteroatoms. The van der Waals surface area contributed by atoms with Crippen molar-refractivity contribution in [1.29, 1.82) is 0 Å². The number of Topliss-reactive ketones (excluding diaryl/α,β-unsaturated/α-hetero) is 1. The van der Waals surface area contributed by atoms with Crippen molar-refractivity contribution in [2.24, 2.45) is 28.6 Å². The van der Waals surface area contributed by atoms with Gasteiger partial charge in [-0.25, -0.2) is 0 Å². The van der Waals surface area contributed by atoms with Gasteiger partial charge in [0, 0.05) is 42.6 Å². The topological polar surface area (TPSA) is 188 Å². The van der Waals surface area contributed by atoms with Crippen LogP contribution < -0.4 is 5.32 Å². The molecular weight excluding hydrogens is 648 g/mol. The van der Waals surface area contributed by atoms with Crippen LogP contribution >= 0.6 is 11.6 Å². The number of ketones is 2. The predicted molar refractivity (Wildman–Crippen MR) is 172 cm³/mol. The number of amides is 1. The van der Waals surface area contributed by atoms with Gasteiger partial charge >= 0.3 is 11.9 Å². The number of unbranched alkanes of at least 4 members (excludes halogenated alkanes) is 2. The second kappa shape index (κ2) is 14.7. The lowest BCUT2D eigenvalue weighted by atomic mass is 9.46. The molecule has 0 aromatic heterocycles. The van der Waals surface area contributed by atoms with Gasteiger partial charge in [-0.15, -0.1) is 21.7 Å². The molecule has 4 aliphatic carbocycles. The zero-order chi connectivity index (χ0) is 35.5. The summed E-state index contributed by atoms with van der Waals surface area (Å²) in [5.41, 5.74) is -2.64. The highest BCUT2D eigenvalue weighted by Crippen LogP contribution is 2.71. The molecule has 1 amide bonds. The number of aliphatic hydroxyl groups is 1. The van der Waals surface area contributed by atoms with Gasteiger partial charge in [-0.2, -0.15) is 0 Å². The van der Waals surface area contributed by atoms with Crippen molar-refractivity contribution in [2.45, 2.75) is 108 Å². The molecule has 2 N–H and O–H groups in total. The molecule has 0 spiro atoms. The van der Waals surface area contributed by atoms with E-state index in [0.29, 0.717) is 32.1 Å². The Balaban J connectivity index is 1.44. The first-order valence-electron chi connectivity index (χ1n) is 16.8. The molecule has 1 unspecified atom stereocenters. The first-order chi connectivity index (χ1) is 22.6. The standard InChI is InChI=1S/C34H47ClN2O11/c1-5-29(42)48-34(27(40)20-46-30(43)13-15-36-28(41)9-7-6-8-16-47-37(44)45)21(2)17-25-24-11-10-22-18-23(38)12-14-31(22,3)33(24,35)26(39)19-32(25,34)4/h10,12,14,21,24-26,39H,5-9,11,13,15-20H2,1-4H3,(H,36,41)/t21-,24-,25-,26-,31-,32?,33-,34-/m0/s1. The Morgan fingerprint density at radius 1 is 1.12 bits per heavy atom. The van der Waals surface area contributed by atoms with Crippen LogP contribution in [0.3, 0.4) is 0 Å². The van der Waals surface area contributed by atoms with Gasteiger partial charge in [-0.05, 0) is 50.0 Å². The summed E-state index contributed by atoms with van der Waals surface area (Å²) in [4.78, 5) is 77.4. The largest absolute Gasteiger partial charge is 0.457 e. The van der Waals surface area contributed by atoms with Gasteiger partial charge in [0.2, 0.25) is 11.7 Å². The van der Waals surface area contributed by atoms with Crippen molar-refractivity contribution in [3.05, 3.63) is 33.9 Å². The molecule has 0 aromatic rings. The molecular formula is C34H47ClN2O11. The van der Waals surface area contributed by atoms with E-state index in [2.05, 4.69) is 10.2 Å². The van der Waals surface area contributed by atoms with Crippen molar-refractivity contribution in [3.8, 4) is 0 Å². The fourth-order valence-electron chi connectivity index (χ4n) is 8.98. The number of fused-ring (bicyclic) bond motifs is 5. The average molecular weight is 695 g/mol. The van der Waals surface area contributed by atoms with E-state index >= 15 is 0 Å². The molecule has 0 aromatic carbocycles. The van der Waals surface area contributed by atoms with E-state index in [0.717, 1.165) is 5.57 Å². The highest BCUT2D eigenvalue weighted by atomic mass is 35.5. The molecule has 2 saturated carbocycles. The van der Waals surface area contributed by atoms with Crippen LogP contribution in [0.1, 0.15) is 91.9 Å². The van der Waals surface area contributed by atoms with E-state index in [1.165, 1.54) is 6.08 Å². The van der Waals surface area contributed by atoms with Crippen molar-refractivity contribution in [2.75, 3.05) is 19.8 Å². The van der Waals surface area contributed by atoms with Gasteiger partial charge < -0.3 is 24.7 Å². The van der Waals surface area contributed by atoms with Crippen molar-refractivity contribution in [3.63, 3.8) is 0 Å². The Kier molecular flexibility index (Phi) is 11.4. The van der Waals surface area contributed by atoms with E-state index in [-0.39, 0.29) is 68.8 Å². The van der Waals surface area contributed by atoms with Crippen molar-refractivity contribution >= 4 is 41.0 Å². The van der Waals surface area contributed by atoms with Gasteiger partial charge in [0.05, 0.1) is 24.0 Å². The summed E-state index contributed by atoms with van der Waals surface area (Å²) in [6.07, 6.45) is 6.99. The van der Waals surface area contributed by atoms with E-state index in [9.17, 15) is 39.2 Å². The van der Waals surface area contributed by atoms with Crippen LogP contribution in [0.15, 0.2) is 23.8 Å². The third-order valence-electron chi connectivity index (χ3n) is 11.4. The maximum Gasteiger partial charge on any atom is 0.308 e. The van der Waals surface area contributed by atoms with Crippen molar-refractivity contribution < 1.29 is 48.5 Å². The number of carbonyl (C=O) groups excluding carboxylic acids is 5. The highest BCUT2D eigenvalue weighted by Gasteiger charge is 2.76. The smallest absolute Gasteiger partial charge is 0.308 e. The predicted octanol–water partition coefficient (Wildman–Crippen LogP) is 3.95. The molecule has 13 nitrogen and oxygen atoms in total. The maximum absolute atomic E-state index is 14.2. The second-order valence-corrected chi connectivity index (χ2v) is 14.6. The van der Waals surface area contributed by atoms with Crippen LogP contribution in [0.2, 0.25) is 0 Å². The zero-order valence-electron chi connectivity index (χ0n) is 28.1. The lowest BCUT2D eigenvalue weighted by molar-refractivity contribution is -0.757. The molecule has 4 rings (SSSR count). The van der Waals surface area contributed by atoms with Crippen LogP contribution in [0.25, 0.3) is 0 Å². The second-order valence-electron chi connectivity index (χ2n) is 14.0. The Morgan fingerprint density at radius 2 is 1.85 bits per heavy atom. The summed E-state index contributed by atoms with van der Waals surface area (Å²) < 4.78 is 11.5. The summed E-state index contributed by atoms with van der Waals surface area (Å²) in [5.74, 6) is -3.22. The molecule has 0 radical (unpaired) electrons. The van der Waals surface area contributed by atoms with Gasteiger partial charge in [0.15, 0.2) is 18.0 Å². The van der Waals surface area contributed by atoms with Crippen molar-refractivity contribution in [1.82, 2.24) is 5.32 Å². The van der Waals surface area contributed by atoms with Crippen LogP contribution in [0.5, 0.6) is 0 Å². The number of hydrogen-bond donors (Lipinski definition) is 2. The SMILES string of the molecule is CCC(=O)O[C@]1(C(=O)COC(=O)CCNC(=O)CCCCCO[N+](=O)[O-])[C@@H](C)C[C@H]2[C@@H]3CC=C4CC(=O)C=C[C@]4(C)[C@@]3(Cl)[C@@H](O)CC21C. The molecule has 0 aliphatic heterocycles. The van der Waals surface area contributed by atoms with E-state index in [4.69, 9.17) is 21.1 Å². The number of hydrogen-bond acceptors (Lipinski definition) is 11. The third-order valence-corrected chi connectivity index (χ3v) is 12.3. The highest BCUT2D eigenvalue weighted by molar-refractivity contribution is 6.26. The molecule has 2 fully saturated rings. The molecule has 0 saturated heterocycles. The first-order valence-corrected chi connectivity index (χ1v) is 17.2. The van der Waals surface area contributed by atoms with Crippen LogP contribution in [-0.4, -0.2) is 75.9 Å². The quantitative estimate of drug-likeness (QED) is 0.0631. The molecule has 266 valence electrons. The molecule has 48 heavy (non-hydrogen) atoms. The van der Waals surface area contributed by atoms with Crippen LogP contribution in [0, 0.1) is 38.7 Å². The Labute approximate surface area is 285 Å². The fraction of sp³-hybridized carbons (Fsp3) is 0.735. The zero-order valence-corrected chi connectivity index (χ0v) is 28.8. The molecule has 0 bridgehead atoms. The number of esters is 2. The normalized spacial score (nSPS) is 35.0. The number of rotatable bonds is 15. The van der Waals surface area contributed by atoms with Gasteiger partial charge in [-0.3, -0.25) is 24.0 Å². The van der Waals surface area contributed by atoms with Gasteiger partial charge in [0.25, 0.3) is 5.09 Å². The lowest BCUT2D eigenvalue weighted by Gasteiger charge is -2.63. The minimum Gasteiger partial charge on any atom is -0.457 e. The summed E-state index contributed by atoms with van der Waals surface area (Å²) in [6.45, 7) is 6.57. The Bertz CT molecular complexity index is 1380. The Hall–Kier alpha value is -3.32. The minimum atomic E-state index is -1.69. The number of halogens is 1. The third kappa shape index (κ3) is 6.64. The Morgan fingerprint density at radius 3 is 2.54 bits per heavy atom. The molecule has 4 aliphatic rings. The number of carbonyl (C=O) groups is 5. The van der Waals surface area contributed by atoms with Crippen LogP contribution in [-0.2, 0) is 38.3 Å². The summed E-state index contributed by atoms with van der Waals surface area (Å²) in [7, 11) is 0. The average Bonchev–Trinajstić information content (AvgIpc) is 3.24. The van der Waals surface area contributed by atoms with Gasteiger partial charge in [-0.1, -0.05) is 51.8 Å². The number of ether oxygens (including phenoxy) is 2. The molecule has 8 atom stereocenters.